The van der Waals surface area contributed by atoms with Crippen molar-refractivity contribution < 1.29 is 14.3 Å². The number of hydrogen-bond donors (Lipinski definition) is 0. The Bertz CT molecular complexity index is 472. The second-order valence-corrected chi connectivity index (χ2v) is 4.26. The summed E-state index contributed by atoms with van der Waals surface area (Å²) in [4.78, 5) is 12.1. The van der Waals surface area contributed by atoms with Gasteiger partial charge in [-0.25, -0.2) is 0 Å². The highest BCUT2D eigenvalue weighted by Crippen LogP contribution is 2.41. The Kier molecular flexibility index (Phi) is 2.26. The molecule has 16 heavy (non-hydrogen) atoms. The Morgan fingerprint density at radius 1 is 1.38 bits per heavy atom. The second-order valence-electron chi connectivity index (χ2n) is 4.26. The predicted molar refractivity (Wildman–Crippen MR) is 61.2 cm³/mol. The maximum Gasteiger partial charge on any atom is 0.196 e. The van der Waals surface area contributed by atoms with Gasteiger partial charge < -0.3 is 9.47 Å². The fourth-order valence-electron chi connectivity index (χ4n) is 1.71. The van der Waals surface area contributed by atoms with Crippen LogP contribution >= 0.6 is 0 Å². The number of ketones is 1. The van der Waals surface area contributed by atoms with Crippen molar-refractivity contribution in [1.82, 2.24) is 0 Å². The van der Waals surface area contributed by atoms with E-state index in [9.17, 15) is 4.79 Å². The van der Waals surface area contributed by atoms with E-state index in [0.29, 0.717) is 22.6 Å². The molecule has 2 rings (SSSR count). The molecule has 84 valence electrons. The lowest BCUT2D eigenvalue weighted by molar-refractivity contribution is 0.0846. The van der Waals surface area contributed by atoms with E-state index < -0.39 is 5.60 Å². The van der Waals surface area contributed by atoms with Crippen LogP contribution < -0.4 is 9.47 Å². The smallest absolute Gasteiger partial charge is 0.196 e. The maximum atomic E-state index is 12.1. The lowest BCUT2D eigenvalue weighted by Crippen LogP contribution is -2.38. The van der Waals surface area contributed by atoms with Crippen molar-refractivity contribution >= 4 is 5.78 Å². The summed E-state index contributed by atoms with van der Waals surface area (Å²) in [5.74, 6) is 1.00. The van der Waals surface area contributed by atoms with Crippen LogP contribution in [-0.4, -0.2) is 18.5 Å². The van der Waals surface area contributed by atoms with E-state index in [-0.39, 0.29) is 5.78 Å². The summed E-state index contributed by atoms with van der Waals surface area (Å²) in [5.41, 5.74) is 0.301. The molecule has 0 aliphatic carbocycles. The number of methoxy groups -OCH3 is 1. The maximum absolute atomic E-state index is 12.1. The molecule has 0 spiro atoms. The van der Waals surface area contributed by atoms with Gasteiger partial charge in [-0.15, -0.1) is 0 Å². The Hall–Kier alpha value is -1.77. The number of para-hydroxylation sites is 1. The van der Waals surface area contributed by atoms with Crippen LogP contribution in [0.25, 0.3) is 0 Å². The van der Waals surface area contributed by atoms with Gasteiger partial charge in [-0.1, -0.05) is 12.6 Å². The molecule has 0 N–H and O–H groups in total. The average molecular weight is 218 g/mol. The van der Waals surface area contributed by atoms with Crippen LogP contribution in [0.5, 0.6) is 11.5 Å². The SMILES string of the molecule is C=C1C(=O)c2cccc(OC)c2OC1(C)C. The number of Topliss-reactive ketones (excluding diaryl/α,β-unsaturated/α-hetero) is 1. The number of carbonyl (C=O) groups is 1. The van der Waals surface area contributed by atoms with Crippen molar-refractivity contribution in [3.63, 3.8) is 0 Å². The van der Waals surface area contributed by atoms with Gasteiger partial charge >= 0.3 is 0 Å². The third kappa shape index (κ3) is 1.40. The molecule has 1 aromatic carbocycles. The summed E-state index contributed by atoms with van der Waals surface area (Å²) in [6.45, 7) is 7.43. The van der Waals surface area contributed by atoms with Crippen LogP contribution in [-0.2, 0) is 0 Å². The van der Waals surface area contributed by atoms with Gasteiger partial charge in [-0.2, -0.15) is 0 Å². The van der Waals surface area contributed by atoms with Crippen molar-refractivity contribution in [2.45, 2.75) is 19.4 Å². The van der Waals surface area contributed by atoms with E-state index in [1.807, 2.05) is 13.8 Å². The molecule has 3 heteroatoms. The number of carbonyl (C=O) groups excluding carboxylic acids is 1. The minimum absolute atomic E-state index is 0.0786. The van der Waals surface area contributed by atoms with E-state index in [1.165, 1.54) is 0 Å². The Morgan fingerprint density at radius 2 is 2.06 bits per heavy atom. The highest BCUT2D eigenvalue weighted by molar-refractivity contribution is 6.12. The van der Waals surface area contributed by atoms with E-state index in [0.717, 1.165) is 0 Å². The minimum atomic E-state index is -0.682. The molecule has 0 saturated carbocycles. The number of ether oxygens (including phenoxy) is 2. The highest BCUT2D eigenvalue weighted by atomic mass is 16.5. The summed E-state index contributed by atoms with van der Waals surface area (Å²) >= 11 is 0. The molecule has 0 aromatic heterocycles. The molecule has 0 fully saturated rings. The quantitative estimate of drug-likeness (QED) is 0.680. The summed E-state index contributed by atoms with van der Waals surface area (Å²) in [5, 5.41) is 0. The van der Waals surface area contributed by atoms with Gasteiger partial charge in [0.05, 0.1) is 12.7 Å². The van der Waals surface area contributed by atoms with E-state index in [2.05, 4.69) is 6.58 Å². The van der Waals surface area contributed by atoms with Gasteiger partial charge in [0.1, 0.15) is 5.60 Å². The highest BCUT2D eigenvalue weighted by Gasteiger charge is 2.37. The first-order chi connectivity index (χ1) is 7.47. The largest absolute Gasteiger partial charge is 0.493 e. The van der Waals surface area contributed by atoms with Crippen molar-refractivity contribution in [2.24, 2.45) is 0 Å². The molecule has 0 unspecified atom stereocenters. The monoisotopic (exact) mass is 218 g/mol. The molecule has 1 aromatic rings. The van der Waals surface area contributed by atoms with Crippen LogP contribution in [0.4, 0.5) is 0 Å². The van der Waals surface area contributed by atoms with E-state index in [1.54, 1.807) is 25.3 Å². The normalized spacial score (nSPS) is 17.7. The fourth-order valence-corrected chi connectivity index (χ4v) is 1.71. The first-order valence-electron chi connectivity index (χ1n) is 5.07. The molecule has 1 heterocycles. The summed E-state index contributed by atoms with van der Waals surface area (Å²) in [7, 11) is 1.56. The number of fused-ring (bicyclic) bond motifs is 1. The third-order valence-corrected chi connectivity index (χ3v) is 2.80. The molecular weight excluding hydrogens is 204 g/mol. The van der Waals surface area contributed by atoms with Crippen LogP contribution in [0.3, 0.4) is 0 Å². The lowest BCUT2D eigenvalue weighted by Gasteiger charge is -2.34. The summed E-state index contributed by atoms with van der Waals surface area (Å²) in [6.07, 6.45) is 0. The molecule has 1 aliphatic heterocycles. The standard InChI is InChI=1S/C13H14O3/c1-8-11(14)9-6-5-7-10(15-4)12(9)16-13(8,2)3/h5-7H,1H2,2-4H3. The first-order valence-corrected chi connectivity index (χ1v) is 5.07. The number of rotatable bonds is 1. The summed E-state index contributed by atoms with van der Waals surface area (Å²) < 4.78 is 11.0. The topological polar surface area (TPSA) is 35.5 Å². The van der Waals surface area contributed by atoms with E-state index in [4.69, 9.17) is 9.47 Å². The molecule has 0 saturated heterocycles. The zero-order valence-electron chi connectivity index (χ0n) is 9.66. The molecular formula is C13H14O3. The van der Waals surface area contributed by atoms with Gasteiger partial charge in [0.15, 0.2) is 17.3 Å². The van der Waals surface area contributed by atoms with Gasteiger partial charge in [-0.05, 0) is 26.0 Å². The van der Waals surface area contributed by atoms with Crippen molar-refractivity contribution in [2.75, 3.05) is 7.11 Å². The molecule has 0 atom stereocenters. The summed E-state index contributed by atoms with van der Waals surface area (Å²) in [6, 6.07) is 5.27. The number of hydrogen-bond acceptors (Lipinski definition) is 3. The van der Waals surface area contributed by atoms with Crippen LogP contribution in [0.15, 0.2) is 30.4 Å². The zero-order chi connectivity index (χ0) is 11.9. The van der Waals surface area contributed by atoms with Gasteiger partial charge in [-0.3, -0.25) is 4.79 Å². The molecule has 3 nitrogen and oxygen atoms in total. The predicted octanol–water partition coefficient (Wildman–Crippen LogP) is 2.61. The van der Waals surface area contributed by atoms with Crippen LogP contribution in [0.2, 0.25) is 0 Å². The van der Waals surface area contributed by atoms with Crippen molar-refractivity contribution in [3.05, 3.63) is 35.9 Å². The van der Waals surface area contributed by atoms with Gasteiger partial charge in [0.2, 0.25) is 0 Å². The number of benzene rings is 1. The third-order valence-electron chi connectivity index (χ3n) is 2.80. The fraction of sp³-hybridized carbons (Fsp3) is 0.308. The van der Waals surface area contributed by atoms with Gasteiger partial charge in [0.25, 0.3) is 0 Å². The minimum Gasteiger partial charge on any atom is -0.493 e. The van der Waals surface area contributed by atoms with E-state index >= 15 is 0 Å². The Morgan fingerprint density at radius 3 is 2.69 bits per heavy atom. The van der Waals surface area contributed by atoms with Crippen LogP contribution in [0.1, 0.15) is 24.2 Å². The van der Waals surface area contributed by atoms with Crippen molar-refractivity contribution in [1.29, 1.82) is 0 Å². The van der Waals surface area contributed by atoms with Crippen LogP contribution in [0, 0.1) is 0 Å². The first kappa shape index (κ1) is 10.7. The lowest BCUT2D eigenvalue weighted by atomic mass is 9.88. The average Bonchev–Trinajstić information content (AvgIpc) is 2.25. The Labute approximate surface area is 94.7 Å². The van der Waals surface area contributed by atoms with Gasteiger partial charge in [0, 0.05) is 5.57 Å². The molecule has 1 aliphatic rings. The molecule has 0 amide bonds. The molecule has 0 radical (unpaired) electrons. The molecule has 0 bridgehead atoms. The van der Waals surface area contributed by atoms with Crippen molar-refractivity contribution in [3.8, 4) is 11.5 Å². The zero-order valence-corrected chi connectivity index (χ0v) is 9.66. The second kappa shape index (κ2) is 3.37. The Balaban J connectivity index is 2.64.